The summed E-state index contributed by atoms with van der Waals surface area (Å²) in [4.78, 5) is 14.4. The van der Waals surface area contributed by atoms with Crippen LogP contribution in [0.3, 0.4) is 0 Å². The van der Waals surface area contributed by atoms with Gasteiger partial charge in [0.1, 0.15) is 0 Å². The van der Waals surface area contributed by atoms with Crippen LogP contribution in [0.15, 0.2) is 30.3 Å². The number of nitrogens with zero attached hydrogens (tertiary/aromatic N) is 2. The molecule has 1 unspecified atom stereocenters. The van der Waals surface area contributed by atoms with Crippen molar-refractivity contribution >= 4 is 16.9 Å². The second-order valence-electron chi connectivity index (χ2n) is 6.81. The van der Waals surface area contributed by atoms with E-state index in [1.54, 1.807) is 0 Å². The van der Waals surface area contributed by atoms with E-state index in [0.717, 1.165) is 39.0 Å². The molecule has 0 bridgehead atoms. The SMILES string of the molecule is CCCN(CC1CCCO1)C(=O)NCCn1c(C)cc2ccccc21. The maximum Gasteiger partial charge on any atom is 0.317 e. The third-order valence-electron chi connectivity index (χ3n) is 4.86. The number of rotatable bonds is 7. The van der Waals surface area contributed by atoms with E-state index in [0.29, 0.717) is 13.1 Å². The maximum atomic E-state index is 12.5. The predicted octanol–water partition coefficient (Wildman–Crippen LogP) is 3.55. The first-order valence-corrected chi connectivity index (χ1v) is 9.38. The number of hydrogen-bond donors (Lipinski definition) is 1. The molecule has 2 amide bonds. The number of carbonyl (C=O) groups excluding carboxylic acids is 1. The first kappa shape index (κ1) is 17.8. The van der Waals surface area contributed by atoms with Crippen molar-refractivity contribution in [2.24, 2.45) is 0 Å². The second-order valence-corrected chi connectivity index (χ2v) is 6.81. The summed E-state index contributed by atoms with van der Waals surface area (Å²) in [5, 5.41) is 4.33. The van der Waals surface area contributed by atoms with Gasteiger partial charge in [-0.2, -0.15) is 0 Å². The number of aryl methyl sites for hydroxylation is 1. The summed E-state index contributed by atoms with van der Waals surface area (Å²) in [5.41, 5.74) is 2.44. The molecule has 5 nitrogen and oxygen atoms in total. The van der Waals surface area contributed by atoms with Gasteiger partial charge in [-0.05, 0) is 43.7 Å². The molecule has 1 N–H and O–H groups in total. The Morgan fingerprint density at radius 2 is 2.24 bits per heavy atom. The van der Waals surface area contributed by atoms with Crippen LogP contribution in [-0.4, -0.2) is 47.8 Å². The number of aromatic nitrogens is 1. The Labute approximate surface area is 149 Å². The zero-order valence-electron chi connectivity index (χ0n) is 15.3. The Morgan fingerprint density at radius 3 is 3.00 bits per heavy atom. The molecule has 2 heterocycles. The molecule has 1 aliphatic rings. The largest absolute Gasteiger partial charge is 0.376 e. The molecule has 2 aromatic rings. The van der Waals surface area contributed by atoms with Crippen LogP contribution in [0.5, 0.6) is 0 Å². The van der Waals surface area contributed by atoms with Crippen molar-refractivity contribution in [3.63, 3.8) is 0 Å². The molecule has 25 heavy (non-hydrogen) atoms. The average Bonchev–Trinajstić information content (AvgIpc) is 3.22. The van der Waals surface area contributed by atoms with Crippen LogP contribution in [0, 0.1) is 6.92 Å². The average molecular weight is 343 g/mol. The van der Waals surface area contributed by atoms with Gasteiger partial charge >= 0.3 is 6.03 Å². The Balaban J connectivity index is 1.55. The fourth-order valence-electron chi connectivity index (χ4n) is 3.61. The normalized spacial score (nSPS) is 17.1. The highest BCUT2D eigenvalue weighted by atomic mass is 16.5. The fourth-order valence-corrected chi connectivity index (χ4v) is 3.61. The van der Waals surface area contributed by atoms with E-state index in [4.69, 9.17) is 4.74 Å². The molecule has 0 saturated carbocycles. The summed E-state index contributed by atoms with van der Waals surface area (Å²) in [6.45, 7) is 7.93. The highest BCUT2D eigenvalue weighted by Crippen LogP contribution is 2.18. The summed E-state index contributed by atoms with van der Waals surface area (Å²) in [5.74, 6) is 0. The van der Waals surface area contributed by atoms with Gasteiger partial charge in [0.15, 0.2) is 0 Å². The van der Waals surface area contributed by atoms with E-state index in [-0.39, 0.29) is 12.1 Å². The van der Waals surface area contributed by atoms with Crippen molar-refractivity contribution < 1.29 is 9.53 Å². The number of hydrogen-bond acceptors (Lipinski definition) is 2. The molecule has 0 aliphatic carbocycles. The molecular formula is C20H29N3O2. The molecule has 5 heteroatoms. The molecule has 3 rings (SSSR count). The van der Waals surface area contributed by atoms with Crippen molar-refractivity contribution in [2.75, 3.05) is 26.2 Å². The van der Waals surface area contributed by atoms with Crippen LogP contribution in [0.2, 0.25) is 0 Å². The molecule has 0 spiro atoms. The minimum atomic E-state index is 0.0199. The first-order valence-electron chi connectivity index (χ1n) is 9.38. The van der Waals surface area contributed by atoms with E-state index in [1.165, 1.54) is 16.6 Å². The number of carbonyl (C=O) groups is 1. The number of fused-ring (bicyclic) bond motifs is 1. The van der Waals surface area contributed by atoms with Gasteiger partial charge in [-0.3, -0.25) is 0 Å². The lowest BCUT2D eigenvalue weighted by molar-refractivity contribution is 0.0813. The summed E-state index contributed by atoms with van der Waals surface area (Å²) in [7, 11) is 0. The molecule has 136 valence electrons. The maximum absolute atomic E-state index is 12.5. The van der Waals surface area contributed by atoms with Crippen LogP contribution in [0.25, 0.3) is 10.9 Å². The van der Waals surface area contributed by atoms with Gasteiger partial charge in [-0.15, -0.1) is 0 Å². The summed E-state index contributed by atoms with van der Waals surface area (Å²) in [6, 6.07) is 10.6. The van der Waals surface area contributed by atoms with Crippen molar-refractivity contribution in [3.8, 4) is 0 Å². The topological polar surface area (TPSA) is 46.5 Å². The minimum absolute atomic E-state index is 0.0199. The van der Waals surface area contributed by atoms with Gasteiger partial charge in [-0.1, -0.05) is 25.1 Å². The van der Waals surface area contributed by atoms with Crippen LogP contribution < -0.4 is 5.32 Å². The number of urea groups is 1. The van der Waals surface area contributed by atoms with Crippen molar-refractivity contribution in [1.82, 2.24) is 14.8 Å². The van der Waals surface area contributed by atoms with Crippen LogP contribution in [0.1, 0.15) is 31.9 Å². The van der Waals surface area contributed by atoms with Crippen molar-refractivity contribution in [2.45, 2.75) is 45.8 Å². The molecule has 1 aliphatic heterocycles. The van der Waals surface area contributed by atoms with E-state index in [1.807, 2.05) is 4.90 Å². The number of para-hydroxylation sites is 1. The second kappa shape index (κ2) is 8.39. The third-order valence-corrected chi connectivity index (χ3v) is 4.86. The highest BCUT2D eigenvalue weighted by Gasteiger charge is 2.21. The van der Waals surface area contributed by atoms with E-state index < -0.39 is 0 Å². The molecular weight excluding hydrogens is 314 g/mol. The predicted molar refractivity (Wildman–Crippen MR) is 101 cm³/mol. The molecule has 1 fully saturated rings. The summed E-state index contributed by atoms with van der Waals surface area (Å²) >= 11 is 0. The Bertz CT molecular complexity index is 704. The lowest BCUT2D eigenvalue weighted by Crippen LogP contribution is -2.45. The van der Waals surface area contributed by atoms with Crippen LogP contribution in [0.4, 0.5) is 4.79 Å². The van der Waals surface area contributed by atoms with E-state index in [9.17, 15) is 4.79 Å². The van der Waals surface area contributed by atoms with Gasteiger partial charge in [0.25, 0.3) is 0 Å². The zero-order chi connectivity index (χ0) is 17.6. The Morgan fingerprint density at radius 1 is 1.40 bits per heavy atom. The van der Waals surface area contributed by atoms with Crippen LogP contribution in [-0.2, 0) is 11.3 Å². The van der Waals surface area contributed by atoms with Gasteiger partial charge in [0, 0.05) is 44.0 Å². The quantitative estimate of drug-likeness (QED) is 0.836. The lowest BCUT2D eigenvalue weighted by atomic mass is 10.2. The summed E-state index contributed by atoms with van der Waals surface area (Å²) in [6.07, 6.45) is 3.32. The van der Waals surface area contributed by atoms with E-state index >= 15 is 0 Å². The first-order chi connectivity index (χ1) is 12.2. The van der Waals surface area contributed by atoms with Crippen molar-refractivity contribution in [3.05, 3.63) is 36.0 Å². The number of benzene rings is 1. The molecule has 1 saturated heterocycles. The highest BCUT2D eigenvalue weighted by molar-refractivity contribution is 5.81. The molecule has 1 aromatic carbocycles. The van der Waals surface area contributed by atoms with Crippen LogP contribution >= 0.6 is 0 Å². The van der Waals surface area contributed by atoms with Gasteiger partial charge in [0.2, 0.25) is 0 Å². The Hall–Kier alpha value is -2.01. The lowest BCUT2D eigenvalue weighted by Gasteiger charge is -2.25. The zero-order valence-corrected chi connectivity index (χ0v) is 15.3. The minimum Gasteiger partial charge on any atom is -0.376 e. The van der Waals surface area contributed by atoms with Gasteiger partial charge in [0.05, 0.1) is 6.10 Å². The van der Waals surface area contributed by atoms with Gasteiger partial charge in [-0.25, -0.2) is 4.79 Å². The number of ether oxygens (including phenoxy) is 1. The fraction of sp³-hybridized carbons (Fsp3) is 0.550. The smallest absolute Gasteiger partial charge is 0.317 e. The monoisotopic (exact) mass is 343 g/mol. The third kappa shape index (κ3) is 4.34. The van der Waals surface area contributed by atoms with E-state index in [2.05, 4.69) is 54.1 Å². The standard InChI is InChI=1S/C20H29N3O2/c1-3-11-22(15-18-8-6-13-25-18)20(24)21-10-12-23-16(2)14-17-7-4-5-9-19(17)23/h4-5,7,9,14,18H,3,6,8,10-13,15H2,1-2H3,(H,21,24). The Kier molecular flexibility index (Phi) is 5.97. The summed E-state index contributed by atoms with van der Waals surface area (Å²) < 4.78 is 7.95. The number of nitrogens with one attached hydrogen (secondary N) is 1. The van der Waals surface area contributed by atoms with Gasteiger partial charge < -0.3 is 19.5 Å². The van der Waals surface area contributed by atoms with Crippen molar-refractivity contribution in [1.29, 1.82) is 0 Å². The molecule has 1 aromatic heterocycles. The molecule has 1 atom stereocenters. The number of amides is 2. The molecule has 0 radical (unpaired) electrons.